The number of hydrogen-bond acceptors (Lipinski definition) is 7. The lowest BCUT2D eigenvalue weighted by atomic mass is 9.44. The second-order valence-electron chi connectivity index (χ2n) is 13.9. The highest BCUT2D eigenvalue weighted by Gasteiger charge is 2.60. The van der Waals surface area contributed by atoms with E-state index in [0.29, 0.717) is 41.5 Å². The van der Waals surface area contributed by atoms with Crippen molar-refractivity contribution in [1.29, 1.82) is 0 Å². The zero-order valence-corrected chi connectivity index (χ0v) is 26.1. The van der Waals surface area contributed by atoms with Crippen molar-refractivity contribution < 1.29 is 29.0 Å². The molecule has 1 heterocycles. The molecule has 8 unspecified atom stereocenters. The first-order chi connectivity index (χ1) is 19.0. The van der Waals surface area contributed by atoms with E-state index >= 15 is 0 Å². The van der Waals surface area contributed by atoms with E-state index < -0.39 is 5.97 Å². The molecular formula is C32H53NO6S. The summed E-state index contributed by atoms with van der Waals surface area (Å²) in [5.74, 6) is 4.94. The average molecular weight is 580 g/mol. The summed E-state index contributed by atoms with van der Waals surface area (Å²) in [5.41, 5.74) is 0.948. The van der Waals surface area contributed by atoms with Gasteiger partial charge in [-0.2, -0.15) is 0 Å². The number of carbonyl (C=O) groups excluding carboxylic acids is 2. The standard InChI is InChI=1S/C22H36O.C10H17NO5S/c1-14-9-11-21(3)16(13-14)5-6-17-19-8-7-18(15(2)23)22(19,4)12-10-20(17)21;12-9(13)8-17-6-5-16-10(14)7-11-1-3-15-4-2-11/h14,16-20H,5-13H2,1-4H3;1-8H2,(H,12,13). The van der Waals surface area contributed by atoms with Crippen molar-refractivity contribution in [1.82, 2.24) is 4.90 Å². The van der Waals surface area contributed by atoms with Gasteiger partial charge >= 0.3 is 11.9 Å². The van der Waals surface area contributed by atoms with Gasteiger partial charge in [-0.25, -0.2) is 0 Å². The Bertz CT molecular complexity index is 893. The third-order valence-electron chi connectivity index (χ3n) is 11.6. The number of hydrogen-bond donors (Lipinski definition) is 1. The quantitative estimate of drug-likeness (QED) is 0.296. The SMILES string of the molecule is CC(=O)C1CCC2C3CCC4CC(C)CCC4(C)C3CCC12C.O=C(O)CSCCOC(=O)CN1CCOCC1. The first-order valence-electron chi connectivity index (χ1n) is 15.8. The Labute approximate surface area is 245 Å². The monoisotopic (exact) mass is 579 g/mol. The van der Waals surface area contributed by atoms with Crippen LogP contribution in [0, 0.1) is 46.3 Å². The summed E-state index contributed by atoms with van der Waals surface area (Å²) in [6.07, 6.45) is 12.6. The second kappa shape index (κ2) is 13.9. The summed E-state index contributed by atoms with van der Waals surface area (Å²) in [6, 6.07) is 0. The van der Waals surface area contributed by atoms with E-state index in [4.69, 9.17) is 14.6 Å². The van der Waals surface area contributed by atoms with Gasteiger partial charge in [0.05, 0.1) is 25.5 Å². The predicted molar refractivity (Wildman–Crippen MR) is 158 cm³/mol. The van der Waals surface area contributed by atoms with Crippen LogP contribution in [0.5, 0.6) is 0 Å². The number of nitrogens with zero attached hydrogens (tertiary/aromatic N) is 1. The molecule has 0 radical (unpaired) electrons. The number of fused-ring (bicyclic) bond motifs is 5. The van der Waals surface area contributed by atoms with Gasteiger partial charge in [0.15, 0.2) is 0 Å². The fourth-order valence-electron chi connectivity index (χ4n) is 9.50. The first kappa shape index (κ1) is 31.8. The van der Waals surface area contributed by atoms with Gasteiger partial charge in [0, 0.05) is 24.8 Å². The maximum Gasteiger partial charge on any atom is 0.320 e. The molecule has 0 aromatic rings. The molecule has 0 aromatic heterocycles. The number of aliphatic carboxylic acids is 1. The normalized spacial score (nSPS) is 39.1. The molecule has 8 atom stereocenters. The summed E-state index contributed by atoms with van der Waals surface area (Å²) < 4.78 is 10.2. The molecule has 5 aliphatic rings. The molecule has 0 bridgehead atoms. The third kappa shape index (κ3) is 7.26. The van der Waals surface area contributed by atoms with Crippen LogP contribution in [0.25, 0.3) is 0 Å². The molecule has 5 fully saturated rings. The lowest BCUT2D eigenvalue weighted by Crippen LogP contribution is -2.53. The predicted octanol–water partition coefficient (Wildman–Crippen LogP) is 5.55. The summed E-state index contributed by atoms with van der Waals surface area (Å²) in [7, 11) is 0. The Morgan fingerprint density at radius 1 is 0.975 bits per heavy atom. The van der Waals surface area contributed by atoms with Gasteiger partial charge in [0.25, 0.3) is 0 Å². The Morgan fingerprint density at radius 2 is 1.68 bits per heavy atom. The van der Waals surface area contributed by atoms with Crippen molar-refractivity contribution >= 4 is 29.5 Å². The number of morpholine rings is 1. The van der Waals surface area contributed by atoms with Gasteiger partial charge in [-0.05, 0) is 98.7 Å². The van der Waals surface area contributed by atoms with Crippen molar-refractivity contribution in [3.05, 3.63) is 0 Å². The summed E-state index contributed by atoms with van der Waals surface area (Å²) in [5, 5.41) is 8.39. The van der Waals surface area contributed by atoms with E-state index in [1.165, 1.54) is 69.5 Å². The van der Waals surface area contributed by atoms with E-state index in [-0.39, 0.29) is 24.9 Å². The molecule has 4 aliphatic carbocycles. The van der Waals surface area contributed by atoms with Crippen LogP contribution in [0.2, 0.25) is 0 Å². The molecule has 0 aromatic carbocycles. The Hall–Kier alpha value is -1.12. The second-order valence-corrected chi connectivity index (χ2v) is 15.0. The lowest BCUT2D eigenvalue weighted by molar-refractivity contribution is -0.145. The summed E-state index contributed by atoms with van der Waals surface area (Å²) >= 11 is 1.24. The van der Waals surface area contributed by atoms with Crippen LogP contribution in [0.4, 0.5) is 0 Å². The van der Waals surface area contributed by atoms with Gasteiger partial charge in [-0.3, -0.25) is 19.3 Å². The van der Waals surface area contributed by atoms with Gasteiger partial charge in [-0.1, -0.05) is 27.2 Å². The molecule has 1 saturated heterocycles. The highest BCUT2D eigenvalue weighted by molar-refractivity contribution is 7.99. The molecule has 1 aliphatic heterocycles. The molecule has 228 valence electrons. The van der Waals surface area contributed by atoms with Crippen LogP contribution in [-0.2, 0) is 23.9 Å². The van der Waals surface area contributed by atoms with Crippen molar-refractivity contribution in [3.63, 3.8) is 0 Å². The molecule has 4 saturated carbocycles. The highest BCUT2D eigenvalue weighted by atomic mass is 32.2. The van der Waals surface area contributed by atoms with Crippen LogP contribution in [0.3, 0.4) is 0 Å². The van der Waals surface area contributed by atoms with Crippen molar-refractivity contribution in [2.24, 2.45) is 46.3 Å². The zero-order valence-electron chi connectivity index (χ0n) is 25.3. The minimum atomic E-state index is -0.852. The van der Waals surface area contributed by atoms with E-state index in [1.54, 1.807) is 0 Å². The number of carboxylic acid groups (broad SMARTS) is 1. The maximum atomic E-state index is 12.2. The van der Waals surface area contributed by atoms with E-state index in [2.05, 4.69) is 20.8 Å². The van der Waals surface area contributed by atoms with Gasteiger partial charge < -0.3 is 14.6 Å². The molecule has 5 rings (SSSR count). The number of Topliss-reactive ketones (excluding diaryl/α,β-unsaturated/α-hetero) is 1. The van der Waals surface area contributed by atoms with Crippen molar-refractivity contribution in [2.45, 2.75) is 85.5 Å². The molecule has 7 nitrogen and oxygen atoms in total. The van der Waals surface area contributed by atoms with Gasteiger partial charge in [-0.15, -0.1) is 11.8 Å². The summed E-state index contributed by atoms with van der Waals surface area (Å²) in [4.78, 5) is 35.8. The topological polar surface area (TPSA) is 93.1 Å². The molecule has 1 N–H and O–H groups in total. The molecule has 0 spiro atoms. The largest absolute Gasteiger partial charge is 0.481 e. The minimum absolute atomic E-state index is 0.0427. The number of carboxylic acids is 1. The lowest BCUT2D eigenvalue weighted by Gasteiger charge is -2.61. The van der Waals surface area contributed by atoms with Crippen LogP contribution >= 0.6 is 11.8 Å². The number of ether oxygens (including phenoxy) is 2. The number of rotatable bonds is 8. The smallest absolute Gasteiger partial charge is 0.320 e. The Kier molecular flexibility index (Phi) is 11.1. The fraction of sp³-hybridized carbons (Fsp3) is 0.906. The summed E-state index contributed by atoms with van der Waals surface area (Å²) in [6.45, 7) is 12.8. The van der Waals surface area contributed by atoms with Gasteiger partial charge in [0.1, 0.15) is 12.4 Å². The average Bonchev–Trinajstić information content (AvgIpc) is 3.27. The van der Waals surface area contributed by atoms with Gasteiger partial charge in [0.2, 0.25) is 0 Å². The molecule has 0 amide bonds. The van der Waals surface area contributed by atoms with Crippen molar-refractivity contribution in [3.8, 4) is 0 Å². The van der Waals surface area contributed by atoms with E-state index in [0.717, 1.165) is 42.7 Å². The maximum absolute atomic E-state index is 12.2. The fourth-order valence-corrected chi connectivity index (χ4v) is 10.0. The minimum Gasteiger partial charge on any atom is -0.481 e. The number of esters is 1. The van der Waals surface area contributed by atoms with Crippen LogP contribution in [0.15, 0.2) is 0 Å². The van der Waals surface area contributed by atoms with E-state index in [9.17, 15) is 14.4 Å². The van der Waals surface area contributed by atoms with Crippen molar-refractivity contribution in [2.75, 3.05) is 51.0 Å². The van der Waals surface area contributed by atoms with Crippen LogP contribution < -0.4 is 0 Å². The molecule has 8 heteroatoms. The molecule has 40 heavy (non-hydrogen) atoms. The van der Waals surface area contributed by atoms with Crippen LogP contribution in [-0.4, -0.2) is 78.7 Å². The van der Waals surface area contributed by atoms with Crippen LogP contribution in [0.1, 0.15) is 85.5 Å². The van der Waals surface area contributed by atoms with E-state index in [1.807, 2.05) is 11.8 Å². The Balaban J connectivity index is 0.000000195. The number of ketones is 1. The third-order valence-corrected chi connectivity index (χ3v) is 12.5. The zero-order chi connectivity index (χ0) is 28.9. The number of carbonyl (C=O) groups is 3. The number of thioether (sulfide) groups is 1. The first-order valence-corrected chi connectivity index (χ1v) is 17.0. The Morgan fingerprint density at radius 3 is 2.38 bits per heavy atom. The molecular weight excluding hydrogens is 526 g/mol. The highest BCUT2D eigenvalue weighted by Crippen LogP contribution is 2.67.